The average Bonchev–Trinajstić information content (AvgIpc) is 3.05. The highest BCUT2D eigenvalue weighted by molar-refractivity contribution is 9.10. The van der Waals surface area contributed by atoms with Gasteiger partial charge in [-0.15, -0.1) is 0 Å². The minimum absolute atomic E-state index is 0.168. The van der Waals surface area contributed by atoms with Crippen molar-refractivity contribution in [1.82, 2.24) is 5.01 Å². The Morgan fingerprint density at radius 3 is 2.19 bits per heavy atom. The van der Waals surface area contributed by atoms with Gasteiger partial charge in [-0.2, -0.15) is 10.1 Å². The first kappa shape index (κ1) is 20.6. The number of allylic oxidation sites excluding steroid dienone is 2. The van der Waals surface area contributed by atoms with Gasteiger partial charge in [-0.3, -0.25) is 9.59 Å². The Hall–Kier alpha value is -2.25. The molecule has 2 bridgehead atoms. The SMILES string of the molecule is O=C1[C@@H]2[C@@H](C(=O)N1/N=C\c1ccc(OCc3ccc(Br)cc3)c(Br)c1)[C@H]1C=C[C@H]2CC1. The molecule has 0 N–H and O–H groups in total. The van der Waals surface area contributed by atoms with Crippen LogP contribution in [0.4, 0.5) is 0 Å². The summed E-state index contributed by atoms with van der Waals surface area (Å²) in [7, 11) is 0. The molecule has 2 amide bonds. The maximum Gasteiger partial charge on any atom is 0.254 e. The Morgan fingerprint density at radius 2 is 1.61 bits per heavy atom. The van der Waals surface area contributed by atoms with E-state index in [0.29, 0.717) is 12.4 Å². The molecular weight excluding hydrogens is 524 g/mol. The Kier molecular flexibility index (Phi) is 5.56. The summed E-state index contributed by atoms with van der Waals surface area (Å²) in [5, 5.41) is 5.35. The number of ether oxygens (including phenoxy) is 1. The summed E-state index contributed by atoms with van der Waals surface area (Å²) < 4.78 is 7.70. The highest BCUT2D eigenvalue weighted by atomic mass is 79.9. The molecule has 2 aromatic carbocycles. The summed E-state index contributed by atoms with van der Waals surface area (Å²) in [5.41, 5.74) is 1.84. The summed E-state index contributed by atoms with van der Waals surface area (Å²) in [6.07, 6.45) is 7.74. The van der Waals surface area contributed by atoms with Crippen LogP contribution in [0.1, 0.15) is 24.0 Å². The molecule has 1 saturated carbocycles. The molecule has 31 heavy (non-hydrogen) atoms. The van der Waals surface area contributed by atoms with Gasteiger partial charge in [0.1, 0.15) is 12.4 Å². The summed E-state index contributed by atoms with van der Waals surface area (Å²) in [6.45, 7) is 0.454. The van der Waals surface area contributed by atoms with Gasteiger partial charge in [-0.05, 0) is 82.1 Å². The van der Waals surface area contributed by atoms with Crippen molar-refractivity contribution in [3.05, 3.63) is 74.7 Å². The van der Waals surface area contributed by atoms with E-state index in [4.69, 9.17) is 4.74 Å². The zero-order valence-electron chi connectivity index (χ0n) is 16.6. The van der Waals surface area contributed by atoms with Crippen LogP contribution in [0.25, 0.3) is 0 Å². The molecule has 0 unspecified atom stereocenters. The van der Waals surface area contributed by atoms with Crippen LogP contribution >= 0.6 is 31.9 Å². The fourth-order valence-corrected chi connectivity index (χ4v) is 5.53. The van der Waals surface area contributed by atoms with E-state index in [-0.39, 0.29) is 35.5 Å². The molecule has 0 aromatic heterocycles. The number of benzene rings is 2. The lowest BCUT2D eigenvalue weighted by atomic mass is 9.63. The minimum Gasteiger partial charge on any atom is -0.488 e. The molecule has 1 saturated heterocycles. The molecule has 2 aromatic rings. The maximum atomic E-state index is 12.8. The second-order valence-corrected chi connectivity index (χ2v) is 9.95. The number of amides is 2. The van der Waals surface area contributed by atoms with Crippen molar-refractivity contribution < 1.29 is 14.3 Å². The number of hydrogen-bond acceptors (Lipinski definition) is 4. The zero-order valence-corrected chi connectivity index (χ0v) is 19.8. The van der Waals surface area contributed by atoms with Crippen LogP contribution in [0.5, 0.6) is 5.75 Å². The third kappa shape index (κ3) is 3.89. The lowest BCUT2D eigenvalue weighted by Gasteiger charge is -2.37. The first-order valence-electron chi connectivity index (χ1n) is 10.3. The smallest absolute Gasteiger partial charge is 0.254 e. The molecule has 0 radical (unpaired) electrons. The van der Waals surface area contributed by atoms with Crippen molar-refractivity contribution in [2.75, 3.05) is 0 Å². The second kappa shape index (κ2) is 8.36. The molecule has 1 heterocycles. The first-order chi connectivity index (χ1) is 15.0. The molecule has 4 atom stereocenters. The number of fused-ring (bicyclic) bond motifs is 1. The van der Waals surface area contributed by atoms with Crippen LogP contribution in [-0.2, 0) is 16.2 Å². The molecule has 2 fully saturated rings. The van der Waals surface area contributed by atoms with Gasteiger partial charge >= 0.3 is 0 Å². The number of nitrogens with zero attached hydrogens (tertiary/aromatic N) is 2. The number of hydrogen-bond donors (Lipinski definition) is 0. The van der Waals surface area contributed by atoms with Crippen LogP contribution < -0.4 is 4.74 Å². The zero-order chi connectivity index (χ0) is 21.5. The Labute approximate surface area is 197 Å². The molecule has 0 spiro atoms. The van der Waals surface area contributed by atoms with Crippen molar-refractivity contribution in [2.24, 2.45) is 28.8 Å². The van der Waals surface area contributed by atoms with Crippen molar-refractivity contribution in [3.63, 3.8) is 0 Å². The minimum atomic E-state index is -0.241. The summed E-state index contributed by atoms with van der Waals surface area (Å²) >= 11 is 6.96. The molecule has 6 rings (SSSR count). The normalized spacial score (nSPS) is 26.7. The second-order valence-electron chi connectivity index (χ2n) is 8.18. The van der Waals surface area contributed by atoms with Crippen molar-refractivity contribution in [3.8, 4) is 5.75 Å². The monoisotopic (exact) mass is 542 g/mol. The molecule has 5 nitrogen and oxygen atoms in total. The van der Waals surface area contributed by atoms with E-state index in [2.05, 4.69) is 49.1 Å². The third-order valence-electron chi connectivity index (χ3n) is 6.32. The van der Waals surface area contributed by atoms with E-state index in [1.807, 2.05) is 42.5 Å². The van der Waals surface area contributed by atoms with Crippen LogP contribution in [0, 0.1) is 23.7 Å². The van der Waals surface area contributed by atoms with Crippen LogP contribution in [0.3, 0.4) is 0 Å². The van der Waals surface area contributed by atoms with E-state index in [1.54, 1.807) is 6.21 Å². The Morgan fingerprint density at radius 1 is 0.968 bits per heavy atom. The highest BCUT2D eigenvalue weighted by Gasteiger charge is 2.56. The fraction of sp³-hybridized carbons (Fsp3) is 0.292. The summed E-state index contributed by atoms with van der Waals surface area (Å²) in [6, 6.07) is 13.5. The Balaban J connectivity index is 1.27. The van der Waals surface area contributed by atoms with Gasteiger partial charge in [0.15, 0.2) is 0 Å². The fourth-order valence-electron chi connectivity index (χ4n) is 4.75. The number of carbonyl (C=O) groups is 2. The lowest BCUT2D eigenvalue weighted by Crippen LogP contribution is -2.38. The molecule has 158 valence electrons. The molecule has 7 heteroatoms. The van der Waals surface area contributed by atoms with Gasteiger partial charge in [-0.1, -0.05) is 40.2 Å². The van der Waals surface area contributed by atoms with E-state index in [1.165, 1.54) is 0 Å². The predicted molar refractivity (Wildman–Crippen MR) is 124 cm³/mol. The van der Waals surface area contributed by atoms with Crippen LogP contribution in [0.15, 0.2) is 68.7 Å². The van der Waals surface area contributed by atoms with E-state index in [9.17, 15) is 9.59 Å². The van der Waals surface area contributed by atoms with Crippen LogP contribution in [-0.4, -0.2) is 23.0 Å². The number of hydrazone groups is 1. The van der Waals surface area contributed by atoms with Crippen molar-refractivity contribution >= 4 is 49.9 Å². The number of rotatable bonds is 5. The van der Waals surface area contributed by atoms with Crippen molar-refractivity contribution in [1.29, 1.82) is 0 Å². The standard InChI is InChI=1S/C24H20Br2N2O3/c25-18-8-1-14(2-9-18)13-31-20-10-3-15(11-19(20)26)12-27-28-23(29)21-16-4-5-17(7-6-16)22(21)24(28)30/h1-5,8-12,16-17,21-22H,6-7,13H2/b27-12-/t16-,17-,21-,22-/m0/s1. The molecular formula is C24H20Br2N2O3. The summed E-state index contributed by atoms with van der Waals surface area (Å²) in [5.74, 6) is 0.231. The largest absolute Gasteiger partial charge is 0.488 e. The lowest BCUT2D eigenvalue weighted by molar-refractivity contribution is -0.140. The average molecular weight is 544 g/mol. The quantitative estimate of drug-likeness (QED) is 0.291. The number of halogens is 2. The van der Waals surface area contributed by atoms with Gasteiger partial charge < -0.3 is 4.74 Å². The van der Waals surface area contributed by atoms with E-state index in [0.717, 1.165) is 37.9 Å². The van der Waals surface area contributed by atoms with Crippen LogP contribution in [0.2, 0.25) is 0 Å². The predicted octanol–water partition coefficient (Wildman–Crippen LogP) is 5.32. The Bertz CT molecular complexity index is 1060. The first-order valence-corrected chi connectivity index (χ1v) is 11.9. The van der Waals surface area contributed by atoms with Gasteiger partial charge in [0.2, 0.25) is 0 Å². The molecule has 1 aliphatic heterocycles. The van der Waals surface area contributed by atoms with Crippen molar-refractivity contribution in [2.45, 2.75) is 19.4 Å². The van der Waals surface area contributed by atoms with Gasteiger partial charge in [0.25, 0.3) is 11.8 Å². The van der Waals surface area contributed by atoms with Gasteiger partial charge in [0, 0.05) is 4.47 Å². The van der Waals surface area contributed by atoms with E-state index >= 15 is 0 Å². The van der Waals surface area contributed by atoms with Gasteiger partial charge in [-0.25, -0.2) is 0 Å². The number of carbonyl (C=O) groups excluding carboxylic acids is 2. The van der Waals surface area contributed by atoms with E-state index < -0.39 is 0 Å². The molecule has 3 aliphatic carbocycles. The summed E-state index contributed by atoms with van der Waals surface area (Å²) in [4.78, 5) is 25.7. The van der Waals surface area contributed by atoms with Gasteiger partial charge in [0.05, 0.1) is 22.5 Å². The maximum absolute atomic E-state index is 12.8. The topological polar surface area (TPSA) is 59.0 Å². The number of imide groups is 1. The molecule has 4 aliphatic rings. The highest BCUT2D eigenvalue weighted by Crippen LogP contribution is 2.49. The third-order valence-corrected chi connectivity index (χ3v) is 7.47.